The molecule has 0 spiro atoms. The number of anilines is 1. The van der Waals surface area contributed by atoms with E-state index >= 15 is 0 Å². The Kier molecular flexibility index (Phi) is 4.33. The van der Waals surface area contributed by atoms with Crippen LogP contribution < -0.4 is 9.64 Å². The van der Waals surface area contributed by atoms with Crippen molar-refractivity contribution in [1.29, 1.82) is 0 Å². The first-order valence-corrected chi connectivity index (χ1v) is 10.3. The van der Waals surface area contributed by atoms with Gasteiger partial charge in [0.15, 0.2) is 0 Å². The predicted octanol–water partition coefficient (Wildman–Crippen LogP) is 4.23. The minimum atomic E-state index is -1.37. The van der Waals surface area contributed by atoms with Gasteiger partial charge in [0, 0.05) is 16.5 Å². The lowest BCUT2D eigenvalue weighted by Gasteiger charge is -2.31. The number of hydrogen-bond donors (Lipinski definition) is 0. The number of fused-ring (bicyclic) bond motifs is 1. The molecule has 0 bridgehead atoms. The molecule has 0 aliphatic carbocycles. The van der Waals surface area contributed by atoms with Crippen LogP contribution in [0, 0.1) is 5.92 Å². The molecule has 6 heteroatoms. The lowest BCUT2D eigenvalue weighted by molar-refractivity contribution is -0.141. The number of rotatable bonds is 3. The topological polar surface area (TPSA) is 63.7 Å². The number of para-hydroxylation sites is 1. The summed E-state index contributed by atoms with van der Waals surface area (Å²) in [4.78, 5) is 41.1. The van der Waals surface area contributed by atoms with Gasteiger partial charge in [0.25, 0.3) is 0 Å². The molecule has 2 aliphatic heterocycles. The summed E-state index contributed by atoms with van der Waals surface area (Å²) in [5.41, 5.74) is 0.377. The maximum Gasteiger partial charge on any atom is 0.327 e. The number of nitrogens with zero attached hydrogens (tertiary/aromatic N) is 1. The maximum atomic E-state index is 13.6. The molecule has 2 amide bonds. The van der Waals surface area contributed by atoms with Gasteiger partial charge in [0.2, 0.25) is 11.8 Å². The van der Waals surface area contributed by atoms with Crippen molar-refractivity contribution < 1.29 is 19.1 Å². The van der Waals surface area contributed by atoms with Gasteiger partial charge in [-0.15, -0.1) is 0 Å². The summed E-state index contributed by atoms with van der Waals surface area (Å²) in [6.07, 6.45) is -0.0762. The highest BCUT2D eigenvalue weighted by molar-refractivity contribution is 9.10. The third-order valence-corrected chi connectivity index (χ3v) is 6.35. The van der Waals surface area contributed by atoms with Gasteiger partial charge in [-0.3, -0.25) is 19.3 Å². The smallest absolute Gasteiger partial charge is 0.327 e. The van der Waals surface area contributed by atoms with Crippen LogP contribution in [0.25, 0.3) is 0 Å². The Bertz CT molecular complexity index is 1180. The molecule has 0 aromatic heterocycles. The zero-order valence-electron chi connectivity index (χ0n) is 15.7. The van der Waals surface area contributed by atoms with E-state index < -0.39 is 23.2 Å². The average molecular weight is 462 g/mol. The van der Waals surface area contributed by atoms with Crippen molar-refractivity contribution in [3.05, 3.63) is 94.5 Å². The second-order valence-electron chi connectivity index (χ2n) is 7.36. The molecule has 1 saturated heterocycles. The van der Waals surface area contributed by atoms with Gasteiger partial charge in [-0.2, -0.15) is 0 Å². The van der Waals surface area contributed by atoms with E-state index in [-0.39, 0.29) is 12.3 Å². The van der Waals surface area contributed by atoms with Crippen LogP contribution in [-0.2, 0) is 19.8 Å². The third kappa shape index (κ3) is 2.57. The van der Waals surface area contributed by atoms with Crippen LogP contribution in [0.1, 0.15) is 17.5 Å². The largest absolute Gasteiger partial charge is 0.425 e. The fraction of sp³-hybridized carbons (Fsp3) is 0.125. The average Bonchev–Trinajstić information content (AvgIpc) is 3.22. The first-order valence-electron chi connectivity index (χ1n) is 9.53. The normalized spacial score (nSPS) is 22.9. The Morgan fingerprint density at radius 1 is 0.867 bits per heavy atom. The van der Waals surface area contributed by atoms with Gasteiger partial charge in [-0.1, -0.05) is 64.5 Å². The van der Waals surface area contributed by atoms with E-state index in [1.165, 1.54) is 4.90 Å². The molecule has 3 aromatic carbocycles. The van der Waals surface area contributed by atoms with E-state index in [9.17, 15) is 14.4 Å². The number of hydrogen-bond acceptors (Lipinski definition) is 4. The maximum absolute atomic E-state index is 13.6. The van der Waals surface area contributed by atoms with Crippen molar-refractivity contribution in [3.8, 4) is 5.75 Å². The Labute approximate surface area is 181 Å². The number of esters is 1. The molecule has 2 atom stereocenters. The molecule has 0 unspecified atom stereocenters. The summed E-state index contributed by atoms with van der Waals surface area (Å²) in [5.74, 6) is -1.74. The van der Waals surface area contributed by atoms with Gasteiger partial charge in [-0.25, -0.2) is 0 Å². The van der Waals surface area contributed by atoms with E-state index in [1.54, 1.807) is 42.5 Å². The molecule has 0 radical (unpaired) electrons. The molecule has 2 aliphatic rings. The van der Waals surface area contributed by atoms with E-state index in [0.29, 0.717) is 22.6 Å². The van der Waals surface area contributed by atoms with Crippen LogP contribution in [0.5, 0.6) is 5.75 Å². The summed E-state index contributed by atoms with van der Waals surface area (Å²) in [7, 11) is 0. The molecule has 5 rings (SSSR count). The number of amides is 2. The summed E-state index contributed by atoms with van der Waals surface area (Å²) >= 11 is 3.37. The highest BCUT2D eigenvalue weighted by atomic mass is 79.9. The van der Waals surface area contributed by atoms with Gasteiger partial charge in [0.05, 0.1) is 11.6 Å². The predicted molar refractivity (Wildman–Crippen MR) is 114 cm³/mol. The molecular weight excluding hydrogens is 446 g/mol. The van der Waals surface area contributed by atoms with Crippen LogP contribution in [0.2, 0.25) is 0 Å². The van der Waals surface area contributed by atoms with Gasteiger partial charge < -0.3 is 4.74 Å². The first kappa shape index (κ1) is 18.8. The molecule has 0 N–H and O–H groups in total. The fourth-order valence-corrected chi connectivity index (χ4v) is 4.77. The minimum Gasteiger partial charge on any atom is -0.425 e. The van der Waals surface area contributed by atoms with Gasteiger partial charge >= 0.3 is 5.97 Å². The highest BCUT2D eigenvalue weighted by Gasteiger charge is 2.62. The van der Waals surface area contributed by atoms with Crippen LogP contribution in [-0.4, -0.2) is 17.8 Å². The molecule has 30 heavy (non-hydrogen) atoms. The molecule has 2 heterocycles. The zero-order valence-corrected chi connectivity index (χ0v) is 17.3. The van der Waals surface area contributed by atoms with E-state index in [2.05, 4.69) is 15.9 Å². The van der Waals surface area contributed by atoms with Crippen LogP contribution >= 0.6 is 15.9 Å². The molecule has 3 aromatic rings. The van der Waals surface area contributed by atoms with Crippen molar-refractivity contribution in [3.63, 3.8) is 0 Å². The quantitative estimate of drug-likeness (QED) is 0.332. The van der Waals surface area contributed by atoms with Crippen molar-refractivity contribution in [1.82, 2.24) is 0 Å². The fourth-order valence-electron chi connectivity index (χ4n) is 4.51. The number of imide groups is 1. The van der Waals surface area contributed by atoms with Gasteiger partial charge in [-0.05, 0) is 35.9 Å². The van der Waals surface area contributed by atoms with E-state index in [1.807, 2.05) is 36.4 Å². The zero-order chi connectivity index (χ0) is 20.9. The number of benzene rings is 3. The van der Waals surface area contributed by atoms with Crippen molar-refractivity contribution >= 4 is 39.4 Å². The summed E-state index contributed by atoms with van der Waals surface area (Å²) in [6, 6.07) is 23.2. The molecule has 148 valence electrons. The lowest BCUT2D eigenvalue weighted by atomic mass is 9.66. The second-order valence-corrected chi connectivity index (χ2v) is 8.28. The molecular formula is C24H16BrNO4. The third-order valence-electron chi connectivity index (χ3n) is 5.82. The Balaban J connectivity index is 1.69. The lowest BCUT2D eigenvalue weighted by Crippen LogP contribution is -2.46. The number of carbonyl (C=O) groups is 3. The summed E-state index contributed by atoms with van der Waals surface area (Å²) < 4.78 is 6.45. The standard InChI is InChI=1S/C24H16BrNO4/c25-16-10-12-17(13-11-16)26-21(27)14-19(22(26)28)24(15-6-2-1-3-7-15)18-8-4-5-9-20(18)30-23(24)29/h1-13,19H,14H2/t19-,24+/m1/s1. The molecule has 0 saturated carbocycles. The Morgan fingerprint density at radius 3 is 2.27 bits per heavy atom. The van der Waals surface area contributed by atoms with Gasteiger partial charge in [0.1, 0.15) is 11.2 Å². The van der Waals surface area contributed by atoms with E-state index in [4.69, 9.17) is 4.74 Å². The summed E-state index contributed by atoms with van der Waals surface area (Å²) in [6.45, 7) is 0. The first-order chi connectivity index (χ1) is 14.5. The molecule has 5 nitrogen and oxygen atoms in total. The van der Waals surface area contributed by atoms with Crippen molar-refractivity contribution in [2.45, 2.75) is 11.8 Å². The number of halogens is 1. The van der Waals surface area contributed by atoms with Crippen molar-refractivity contribution in [2.75, 3.05) is 4.90 Å². The Hall–Kier alpha value is -3.25. The second kappa shape index (κ2) is 6.92. The monoisotopic (exact) mass is 461 g/mol. The Morgan fingerprint density at radius 2 is 1.53 bits per heavy atom. The van der Waals surface area contributed by atoms with Crippen LogP contribution in [0.15, 0.2) is 83.3 Å². The summed E-state index contributed by atoms with van der Waals surface area (Å²) in [5, 5.41) is 0. The highest BCUT2D eigenvalue weighted by Crippen LogP contribution is 2.52. The number of ether oxygens (including phenoxy) is 1. The minimum absolute atomic E-state index is 0.0762. The SMILES string of the molecule is O=C1C[C@@H]([C@@]2(c3ccccc3)C(=O)Oc3ccccc32)C(=O)N1c1ccc(Br)cc1. The van der Waals surface area contributed by atoms with E-state index in [0.717, 1.165) is 4.47 Å². The van der Waals surface area contributed by atoms with Crippen LogP contribution in [0.3, 0.4) is 0 Å². The number of carbonyl (C=O) groups excluding carboxylic acids is 3. The van der Waals surface area contributed by atoms with Crippen LogP contribution in [0.4, 0.5) is 5.69 Å². The molecule has 1 fully saturated rings. The van der Waals surface area contributed by atoms with Crippen molar-refractivity contribution in [2.24, 2.45) is 5.92 Å².